The number of hydrogen-bond acceptors (Lipinski definition) is 1. The van der Waals surface area contributed by atoms with E-state index in [1.54, 1.807) is 0 Å². The van der Waals surface area contributed by atoms with Crippen molar-refractivity contribution >= 4 is 5.91 Å². The lowest BCUT2D eigenvalue weighted by molar-refractivity contribution is -0.113. The number of nitrogens with two attached hydrogens (primary N) is 1. The summed E-state index contributed by atoms with van der Waals surface area (Å²) in [5, 5.41) is 0. The molecule has 2 N–H and O–H groups in total. The fraction of sp³-hybridized carbons (Fsp3) is 0. The molecule has 0 saturated carbocycles. The second kappa shape index (κ2) is 1.52. The van der Waals surface area contributed by atoms with Gasteiger partial charge in [0, 0.05) is 0 Å². The van der Waals surface area contributed by atoms with Crippen molar-refractivity contribution in [2.45, 2.75) is 0 Å². The third kappa shape index (κ3) is 3.21. The third-order valence-electron chi connectivity index (χ3n) is 0.174. The highest BCUT2D eigenvalue weighted by Gasteiger charge is 1.69. The van der Waals surface area contributed by atoms with Crippen LogP contribution in [0.2, 0.25) is 0 Å². The van der Waals surface area contributed by atoms with Gasteiger partial charge in [-0.05, 0) is 6.05 Å². The molecule has 0 unspecified atom stereocenters. The van der Waals surface area contributed by atoms with Crippen molar-refractivity contribution in [2.75, 3.05) is 0 Å². The van der Waals surface area contributed by atoms with Crippen LogP contribution in [0.5, 0.6) is 0 Å². The first-order valence-electron chi connectivity index (χ1n) is 1.60. The van der Waals surface area contributed by atoms with Gasteiger partial charge >= 0.3 is 0 Å². The van der Waals surface area contributed by atoms with E-state index in [4.69, 9.17) is 1.37 Å². The first kappa shape index (κ1) is 2.45. The number of rotatable bonds is 1. The summed E-state index contributed by atoms with van der Waals surface area (Å²) in [6, 6.07) is -0.352. The normalized spacial score (nSPS) is 9.20. The van der Waals surface area contributed by atoms with E-state index in [1.807, 2.05) is 0 Å². The molecule has 0 saturated heterocycles. The zero-order chi connectivity index (χ0) is 5.15. The number of amides is 1. The van der Waals surface area contributed by atoms with Crippen molar-refractivity contribution in [3.8, 4) is 0 Å². The minimum absolute atomic E-state index is 0.352. The number of hydrogen-bond donors (Lipinski definition) is 1. The molecule has 0 spiro atoms. The maximum Gasteiger partial charge on any atom is 0.240 e. The fourth-order valence-electron chi connectivity index (χ4n) is 0. The minimum Gasteiger partial charge on any atom is -0.366 e. The first-order chi connectivity index (χ1) is 2.64. The molecule has 0 atom stereocenters. The first-order valence-corrected chi connectivity index (χ1v) is 1.10. The Morgan fingerprint density at radius 3 is 2.60 bits per heavy atom. The Morgan fingerprint density at radius 1 is 2.40 bits per heavy atom. The topological polar surface area (TPSA) is 43.1 Å². The fourth-order valence-corrected chi connectivity index (χ4v) is 0. The van der Waals surface area contributed by atoms with Crippen molar-refractivity contribution in [1.29, 1.82) is 0 Å². The van der Waals surface area contributed by atoms with E-state index in [-0.39, 0.29) is 6.05 Å². The number of carbonyl (C=O) groups is 1. The standard InChI is InChI=1S/C3H5NO/c1-2-3(4)5/h2H,1H2,(H2,4,5)/i2T. The van der Waals surface area contributed by atoms with Crippen molar-refractivity contribution in [2.24, 2.45) is 5.73 Å². The zero-order valence-corrected chi connectivity index (χ0v) is 2.69. The molecule has 0 bridgehead atoms. The van der Waals surface area contributed by atoms with Crippen LogP contribution < -0.4 is 5.73 Å². The summed E-state index contributed by atoms with van der Waals surface area (Å²) < 4.78 is 6.36. The van der Waals surface area contributed by atoms with E-state index >= 15 is 0 Å². The predicted octanol–water partition coefficient (Wildman–Crippen LogP) is -0.342. The molecule has 1 amide bonds. The van der Waals surface area contributed by atoms with Crippen molar-refractivity contribution in [3.63, 3.8) is 0 Å². The zero-order valence-electron chi connectivity index (χ0n) is 3.69. The van der Waals surface area contributed by atoms with Gasteiger partial charge in [0.1, 0.15) is 0 Å². The van der Waals surface area contributed by atoms with Gasteiger partial charge in [0.25, 0.3) is 0 Å². The average Bonchev–Trinajstić information content (AvgIpc) is 1.36. The maximum atomic E-state index is 9.63. The Kier molecular flexibility index (Phi) is 0.745. The van der Waals surface area contributed by atoms with Crippen LogP contribution >= 0.6 is 0 Å². The monoisotopic (exact) mass is 73.0 g/mol. The van der Waals surface area contributed by atoms with Gasteiger partial charge in [-0.2, -0.15) is 0 Å². The largest absolute Gasteiger partial charge is 0.366 e. The van der Waals surface area contributed by atoms with Gasteiger partial charge in [0.05, 0.1) is 1.37 Å². The third-order valence-corrected chi connectivity index (χ3v) is 0.174. The number of carbonyl (C=O) groups excluding carboxylic acids is 1. The predicted molar refractivity (Wildman–Crippen MR) is 19.4 cm³/mol. The van der Waals surface area contributed by atoms with Crippen LogP contribution in [0.1, 0.15) is 1.37 Å². The summed E-state index contributed by atoms with van der Waals surface area (Å²) in [6.07, 6.45) is 0. The van der Waals surface area contributed by atoms with Crippen LogP contribution in [-0.2, 0) is 4.79 Å². The van der Waals surface area contributed by atoms with Gasteiger partial charge in [-0.3, -0.25) is 4.79 Å². The second-order valence-electron chi connectivity index (χ2n) is 0.541. The molecule has 28 valence electrons. The second-order valence-corrected chi connectivity index (χ2v) is 0.541. The highest BCUT2D eigenvalue weighted by molar-refractivity contribution is 5.84. The summed E-state index contributed by atoms with van der Waals surface area (Å²) in [4.78, 5) is 9.63. The minimum atomic E-state index is -0.769. The van der Waals surface area contributed by atoms with Gasteiger partial charge in [-0.15, -0.1) is 0 Å². The quantitative estimate of drug-likeness (QED) is 0.424. The lowest BCUT2D eigenvalue weighted by atomic mass is 10.6. The molecule has 0 rings (SSSR count). The van der Waals surface area contributed by atoms with Crippen LogP contribution in [0, 0.1) is 0 Å². The molecular weight excluding hydrogens is 66.0 g/mol. The summed E-state index contributed by atoms with van der Waals surface area (Å²) in [6.45, 7) is 2.95. The molecule has 0 aliphatic carbocycles. The molecule has 0 aromatic rings. The van der Waals surface area contributed by atoms with E-state index in [0.717, 1.165) is 0 Å². The van der Waals surface area contributed by atoms with E-state index in [1.165, 1.54) is 0 Å². The Bertz CT molecular complexity index is 76.8. The highest BCUT2D eigenvalue weighted by Crippen LogP contribution is 1.48. The van der Waals surface area contributed by atoms with Gasteiger partial charge in [0.2, 0.25) is 5.91 Å². The van der Waals surface area contributed by atoms with Gasteiger partial charge in [-0.25, -0.2) is 0 Å². The number of primary amides is 1. The Hall–Kier alpha value is -0.790. The summed E-state index contributed by atoms with van der Waals surface area (Å²) in [5.41, 5.74) is 4.51. The molecule has 0 aromatic heterocycles. The van der Waals surface area contributed by atoms with Crippen LogP contribution in [0.15, 0.2) is 12.6 Å². The Morgan fingerprint density at radius 2 is 2.60 bits per heavy atom. The molecule has 2 nitrogen and oxygen atoms in total. The molecule has 0 fully saturated rings. The molecule has 0 aliphatic rings. The highest BCUT2D eigenvalue weighted by atomic mass is 16.1. The maximum absolute atomic E-state index is 9.63. The van der Waals surface area contributed by atoms with E-state index in [0.29, 0.717) is 0 Å². The molecular formula is C3H5NO. The lowest BCUT2D eigenvalue weighted by Gasteiger charge is -1.65. The molecule has 0 heterocycles. The summed E-state index contributed by atoms with van der Waals surface area (Å²) in [7, 11) is 0. The van der Waals surface area contributed by atoms with Crippen LogP contribution in [-0.4, -0.2) is 5.91 Å². The van der Waals surface area contributed by atoms with Crippen LogP contribution in [0.25, 0.3) is 0 Å². The lowest BCUT2D eigenvalue weighted by Crippen LogP contribution is -2.04. The van der Waals surface area contributed by atoms with Crippen LogP contribution in [0.4, 0.5) is 0 Å². The average molecular weight is 73.1 g/mol. The summed E-state index contributed by atoms with van der Waals surface area (Å²) >= 11 is 0. The van der Waals surface area contributed by atoms with Gasteiger partial charge < -0.3 is 5.73 Å². The molecule has 0 radical (unpaired) electrons. The Balaban J connectivity index is 3.57. The molecule has 5 heavy (non-hydrogen) atoms. The van der Waals surface area contributed by atoms with Crippen LogP contribution in [0.3, 0.4) is 0 Å². The Labute approximate surface area is 31.7 Å². The smallest absolute Gasteiger partial charge is 0.240 e. The molecule has 0 aliphatic heterocycles. The van der Waals surface area contributed by atoms with Crippen molar-refractivity contribution < 1.29 is 6.17 Å². The van der Waals surface area contributed by atoms with E-state index < -0.39 is 5.91 Å². The van der Waals surface area contributed by atoms with E-state index in [2.05, 4.69) is 12.3 Å². The van der Waals surface area contributed by atoms with Gasteiger partial charge in [-0.1, -0.05) is 6.58 Å². The van der Waals surface area contributed by atoms with Gasteiger partial charge in [0.15, 0.2) is 0 Å². The van der Waals surface area contributed by atoms with Crippen molar-refractivity contribution in [1.82, 2.24) is 0 Å². The summed E-state index contributed by atoms with van der Waals surface area (Å²) in [5.74, 6) is -0.769. The van der Waals surface area contributed by atoms with E-state index in [9.17, 15) is 4.79 Å². The molecule has 2 heteroatoms. The molecule has 0 aromatic carbocycles. The SMILES string of the molecule is [3H]C(=C)C(N)=O. The van der Waals surface area contributed by atoms with Crippen molar-refractivity contribution in [3.05, 3.63) is 12.6 Å².